The van der Waals surface area contributed by atoms with Gasteiger partial charge >= 0.3 is 0 Å². The number of carbonyl (C=O) groups excluding carboxylic acids is 1. The Labute approximate surface area is 188 Å². The molecule has 3 rings (SSSR count). The molecule has 0 saturated carbocycles. The second-order valence-electron chi connectivity index (χ2n) is 7.82. The summed E-state index contributed by atoms with van der Waals surface area (Å²) < 4.78 is 29.7. The van der Waals surface area contributed by atoms with Gasteiger partial charge < -0.3 is 15.5 Å². The number of halogens is 1. The first kappa shape index (κ1) is 23.2. The summed E-state index contributed by atoms with van der Waals surface area (Å²) in [6.45, 7) is 0. The summed E-state index contributed by atoms with van der Waals surface area (Å²) in [5.74, 6) is -0.269. The molecule has 2 N–H and O–H groups in total. The van der Waals surface area contributed by atoms with E-state index in [4.69, 9.17) is 11.6 Å². The average molecular weight is 463 g/mol. The molecule has 0 fully saturated rings. The van der Waals surface area contributed by atoms with Gasteiger partial charge in [0.1, 0.15) is 6.34 Å². The molecular formula is C22H27ClN4O3S. The Bertz CT molecular complexity index is 1100. The van der Waals surface area contributed by atoms with E-state index in [9.17, 15) is 13.2 Å². The van der Waals surface area contributed by atoms with Crippen molar-refractivity contribution >= 4 is 39.6 Å². The SMILES string of the molecule is CNC1CCc2c(cc(NC(=O)Cc3ccccc3Cl)cc2S(=O)(=O)/N=C/N(C)C)C1. The fourth-order valence-electron chi connectivity index (χ4n) is 3.64. The zero-order chi connectivity index (χ0) is 22.6. The highest BCUT2D eigenvalue weighted by atomic mass is 35.5. The van der Waals surface area contributed by atoms with Gasteiger partial charge in [-0.05, 0) is 61.2 Å². The number of rotatable bonds is 7. The predicted molar refractivity (Wildman–Crippen MR) is 124 cm³/mol. The van der Waals surface area contributed by atoms with Crippen LogP contribution in [-0.4, -0.2) is 52.7 Å². The standard InChI is InChI=1S/C22H27ClN4O3S/c1-24-17-8-9-19-16(10-17)11-18(13-21(19)31(29,30)25-14-27(2)3)26-22(28)12-15-6-4-5-7-20(15)23/h4-7,11,13-14,17,24H,8-10,12H2,1-3H3,(H,26,28)/b25-14+. The Balaban J connectivity index is 1.95. The lowest BCUT2D eigenvalue weighted by molar-refractivity contribution is -0.115. The van der Waals surface area contributed by atoms with Gasteiger partial charge in [-0.1, -0.05) is 29.8 Å². The monoisotopic (exact) mass is 462 g/mol. The van der Waals surface area contributed by atoms with Gasteiger partial charge in [-0.15, -0.1) is 4.40 Å². The Kier molecular flexibility index (Phi) is 7.35. The van der Waals surface area contributed by atoms with Crippen molar-refractivity contribution in [2.24, 2.45) is 4.40 Å². The van der Waals surface area contributed by atoms with Gasteiger partial charge in [0.25, 0.3) is 10.0 Å². The Morgan fingerprint density at radius 2 is 2.03 bits per heavy atom. The van der Waals surface area contributed by atoms with Gasteiger partial charge in [0, 0.05) is 30.8 Å². The average Bonchev–Trinajstić information content (AvgIpc) is 2.73. The van der Waals surface area contributed by atoms with Crippen LogP contribution in [0, 0.1) is 0 Å². The zero-order valence-corrected chi connectivity index (χ0v) is 19.4. The van der Waals surface area contributed by atoms with Crippen molar-refractivity contribution in [1.82, 2.24) is 10.2 Å². The summed E-state index contributed by atoms with van der Waals surface area (Å²) in [5, 5.41) is 6.60. The van der Waals surface area contributed by atoms with Crippen LogP contribution in [0.3, 0.4) is 0 Å². The number of sulfonamides is 1. The second-order valence-corrected chi connectivity index (χ2v) is 9.82. The minimum absolute atomic E-state index is 0.0940. The first-order chi connectivity index (χ1) is 14.7. The highest BCUT2D eigenvalue weighted by Crippen LogP contribution is 2.32. The molecule has 2 aromatic carbocycles. The van der Waals surface area contributed by atoms with E-state index < -0.39 is 10.0 Å². The number of nitrogens with zero attached hydrogens (tertiary/aromatic N) is 2. The first-order valence-corrected chi connectivity index (χ1v) is 11.8. The lowest BCUT2D eigenvalue weighted by Crippen LogP contribution is -2.32. The van der Waals surface area contributed by atoms with Crippen LogP contribution in [0.5, 0.6) is 0 Å². The van der Waals surface area contributed by atoms with Crippen LogP contribution in [-0.2, 0) is 34.1 Å². The van der Waals surface area contributed by atoms with Crippen molar-refractivity contribution in [3.05, 3.63) is 58.1 Å². The van der Waals surface area contributed by atoms with Crippen molar-refractivity contribution < 1.29 is 13.2 Å². The Morgan fingerprint density at radius 3 is 2.71 bits per heavy atom. The molecule has 31 heavy (non-hydrogen) atoms. The largest absolute Gasteiger partial charge is 0.368 e. The van der Waals surface area contributed by atoms with E-state index in [1.165, 1.54) is 12.4 Å². The van der Waals surface area contributed by atoms with Gasteiger partial charge in [-0.3, -0.25) is 4.79 Å². The van der Waals surface area contributed by atoms with Gasteiger partial charge in [0.05, 0.1) is 11.3 Å². The van der Waals surface area contributed by atoms with Crippen molar-refractivity contribution in [2.45, 2.75) is 36.6 Å². The fraction of sp³-hybridized carbons (Fsp3) is 0.364. The molecule has 1 aliphatic carbocycles. The smallest absolute Gasteiger partial charge is 0.284 e. The van der Waals surface area contributed by atoms with Crippen LogP contribution < -0.4 is 10.6 Å². The van der Waals surface area contributed by atoms with Gasteiger partial charge in [-0.2, -0.15) is 8.42 Å². The number of fused-ring (bicyclic) bond motifs is 1. The number of hydrogen-bond acceptors (Lipinski definition) is 4. The number of benzene rings is 2. The Morgan fingerprint density at radius 1 is 1.29 bits per heavy atom. The quantitative estimate of drug-likeness (QED) is 0.487. The molecule has 0 aromatic heterocycles. The molecule has 1 unspecified atom stereocenters. The van der Waals surface area contributed by atoms with E-state index in [0.717, 1.165) is 17.5 Å². The minimum atomic E-state index is -3.91. The summed E-state index contributed by atoms with van der Waals surface area (Å²) in [6.07, 6.45) is 3.50. The molecule has 166 valence electrons. The summed E-state index contributed by atoms with van der Waals surface area (Å²) >= 11 is 6.16. The number of carbonyl (C=O) groups is 1. The first-order valence-electron chi connectivity index (χ1n) is 10.0. The molecule has 0 saturated heterocycles. The maximum Gasteiger partial charge on any atom is 0.284 e. The van der Waals surface area contributed by atoms with Crippen molar-refractivity contribution in [3.8, 4) is 0 Å². The molecule has 2 aromatic rings. The topological polar surface area (TPSA) is 90.9 Å². The normalized spacial score (nSPS) is 16.2. The molecule has 1 atom stereocenters. The van der Waals surface area contributed by atoms with Crippen LogP contribution >= 0.6 is 11.6 Å². The number of nitrogens with one attached hydrogen (secondary N) is 2. The fourth-order valence-corrected chi connectivity index (χ4v) is 5.09. The maximum atomic E-state index is 13.0. The van der Waals surface area contributed by atoms with E-state index in [2.05, 4.69) is 15.0 Å². The molecular weight excluding hydrogens is 436 g/mol. The van der Waals surface area contributed by atoms with E-state index >= 15 is 0 Å². The summed E-state index contributed by atoms with van der Waals surface area (Å²) in [6, 6.07) is 10.8. The molecule has 0 heterocycles. The molecule has 7 nitrogen and oxygen atoms in total. The molecule has 0 bridgehead atoms. The maximum absolute atomic E-state index is 13.0. The van der Waals surface area contributed by atoms with Gasteiger partial charge in [0.15, 0.2) is 0 Å². The van der Waals surface area contributed by atoms with Crippen LogP contribution in [0.15, 0.2) is 45.7 Å². The minimum Gasteiger partial charge on any atom is -0.368 e. The third-order valence-electron chi connectivity index (χ3n) is 5.21. The third-order valence-corrected chi connectivity index (χ3v) is 6.87. The van der Waals surface area contributed by atoms with Crippen LogP contribution in [0.25, 0.3) is 0 Å². The van der Waals surface area contributed by atoms with Crippen LogP contribution in [0.4, 0.5) is 5.69 Å². The van der Waals surface area contributed by atoms with Gasteiger partial charge in [-0.25, -0.2) is 0 Å². The van der Waals surface area contributed by atoms with E-state index in [1.54, 1.807) is 37.2 Å². The van der Waals surface area contributed by atoms with Gasteiger partial charge in [0.2, 0.25) is 5.91 Å². The molecule has 0 spiro atoms. The summed E-state index contributed by atoms with van der Waals surface area (Å²) in [5.41, 5.74) is 2.82. The van der Waals surface area contributed by atoms with Crippen molar-refractivity contribution in [3.63, 3.8) is 0 Å². The second kappa shape index (κ2) is 9.80. The lowest BCUT2D eigenvalue weighted by Gasteiger charge is -2.26. The molecule has 1 amide bonds. The van der Waals surface area contributed by atoms with Crippen LogP contribution in [0.1, 0.15) is 23.1 Å². The molecule has 0 aliphatic heterocycles. The van der Waals surface area contributed by atoms with E-state index in [-0.39, 0.29) is 23.3 Å². The zero-order valence-electron chi connectivity index (χ0n) is 17.9. The number of anilines is 1. The summed E-state index contributed by atoms with van der Waals surface area (Å²) in [4.78, 5) is 14.3. The van der Waals surface area contributed by atoms with Crippen LogP contribution in [0.2, 0.25) is 5.02 Å². The Hall–Kier alpha value is -2.42. The number of hydrogen-bond donors (Lipinski definition) is 2. The highest BCUT2D eigenvalue weighted by Gasteiger charge is 2.26. The molecule has 0 radical (unpaired) electrons. The third kappa shape index (κ3) is 5.84. The number of amides is 1. The predicted octanol–water partition coefficient (Wildman–Crippen LogP) is 2.88. The molecule has 1 aliphatic rings. The number of likely N-dealkylation sites (N-methyl/N-ethyl adjacent to an activating group) is 1. The lowest BCUT2D eigenvalue weighted by atomic mass is 9.88. The van der Waals surface area contributed by atoms with E-state index in [0.29, 0.717) is 29.1 Å². The van der Waals surface area contributed by atoms with Crippen molar-refractivity contribution in [1.29, 1.82) is 0 Å². The van der Waals surface area contributed by atoms with Crippen molar-refractivity contribution in [2.75, 3.05) is 26.5 Å². The van der Waals surface area contributed by atoms with E-state index in [1.807, 2.05) is 19.2 Å². The summed E-state index contributed by atoms with van der Waals surface area (Å²) in [7, 11) is 1.39. The molecule has 9 heteroatoms. The highest BCUT2D eigenvalue weighted by molar-refractivity contribution is 7.90.